The zero-order valence-electron chi connectivity index (χ0n) is 12.8. The van der Waals surface area contributed by atoms with Gasteiger partial charge in [-0.1, -0.05) is 43.2 Å². The van der Waals surface area contributed by atoms with Crippen LogP contribution in [0.4, 0.5) is 0 Å². The van der Waals surface area contributed by atoms with Gasteiger partial charge in [0.1, 0.15) is 5.78 Å². The molecule has 0 unspecified atom stereocenters. The van der Waals surface area contributed by atoms with Crippen LogP contribution in [0.1, 0.15) is 44.1 Å². The van der Waals surface area contributed by atoms with Crippen molar-refractivity contribution >= 4 is 23.3 Å². The predicted molar refractivity (Wildman–Crippen MR) is 84.8 cm³/mol. The SMILES string of the molecule is O=C(O)CC(C(=O)O)=C(CC(=O)C1CCCC1)c1ccccc1. The minimum atomic E-state index is -1.29. The van der Waals surface area contributed by atoms with E-state index >= 15 is 0 Å². The summed E-state index contributed by atoms with van der Waals surface area (Å²) in [6.45, 7) is 0. The van der Waals surface area contributed by atoms with Crippen LogP contribution in [0.5, 0.6) is 0 Å². The number of ketones is 1. The van der Waals surface area contributed by atoms with Gasteiger partial charge in [0.15, 0.2) is 0 Å². The Hall–Kier alpha value is -2.43. The molecule has 5 heteroatoms. The molecule has 2 rings (SSSR count). The van der Waals surface area contributed by atoms with Crippen molar-refractivity contribution in [3.63, 3.8) is 0 Å². The Bertz CT molecular complexity index is 624. The number of carbonyl (C=O) groups excluding carboxylic acids is 1. The van der Waals surface area contributed by atoms with Crippen LogP contribution in [0, 0.1) is 5.92 Å². The molecule has 0 atom stereocenters. The fraction of sp³-hybridized carbons (Fsp3) is 0.389. The number of hydrogen-bond acceptors (Lipinski definition) is 3. The molecule has 23 heavy (non-hydrogen) atoms. The van der Waals surface area contributed by atoms with Crippen LogP contribution in [-0.4, -0.2) is 27.9 Å². The van der Waals surface area contributed by atoms with E-state index in [4.69, 9.17) is 5.11 Å². The molecule has 0 aliphatic heterocycles. The van der Waals surface area contributed by atoms with Gasteiger partial charge in [0.2, 0.25) is 0 Å². The number of carboxylic acid groups (broad SMARTS) is 2. The summed E-state index contributed by atoms with van der Waals surface area (Å²) in [5.41, 5.74) is 0.699. The first-order chi connectivity index (χ1) is 11.0. The van der Waals surface area contributed by atoms with E-state index in [1.807, 2.05) is 0 Å². The van der Waals surface area contributed by atoms with E-state index in [0.717, 1.165) is 25.7 Å². The third-order valence-electron chi connectivity index (χ3n) is 4.23. The van der Waals surface area contributed by atoms with Gasteiger partial charge in [-0.3, -0.25) is 9.59 Å². The minimum absolute atomic E-state index is 0.00509. The second kappa shape index (κ2) is 7.72. The Balaban J connectivity index is 2.39. The van der Waals surface area contributed by atoms with Gasteiger partial charge in [0.25, 0.3) is 0 Å². The molecule has 1 aliphatic rings. The van der Waals surface area contributed by atoms with Crippen LogP contribution in [0.25, 0.3) is 5.57 Å². The van der Waals surface area contributed by atoms with Gasteiger partial charge in [-0.05, 0) is 24.0 Å². The quantitative estimate of drug-likeness (QED) is 0.754. The fourth-order valence-corrected chi connectivity index (χ4v) is 3.05. The lowest BCUT2D eigenvalue weighted by molar-refractivity contribution is -0.139. The molecule has 0 radical (unpaired) electrons. The van der Waals surface area contributed by atoms with Gasteiger partial charge in [0.05, 0.1) is 12.0 Å². The molecule has 1 fully saturated rings. The molecular weight excluding hydrogens is 296 g/mol. The summed E-state index contributed by atoms with van der Waals surface area (Å²) in [6, 6.07) is 8.70. The molecule has 122 valence electrons. The van der Waals surface area contributed by atoms with Crippen molar-refractivity contribution in [3.05, 3.63) is 41.5 Å². The van der Waals surface area contributed by atoms with Crippen LogP contribution in [0.15, 0.2) is 35.9 Å². The monoisotopic (exact) mass is 316 g/mol. The predicted octanol–water partition coefficient (Wildman–Crippen LogP) is 3.15. The Kier molecular flexibility index (Phi) is 5.68. The second-order valence-corrected chi connectivity index (χ2v) is 5.82. The molecule has 5 nitrogen and oxygen atoms in total. The highest BCUT2D eigenvalue weighted by Crippen LogP contribution is 2.31. The summed E-state index contributed by atoms with van der Waals surface area (Å²) in [5, 5.41) is 18.4. The van der Waals surface area contributed by atoms with Crippen LogP contribution in [-0.2, 0) is 14.4 Å². The molecular formula is C18H20O5. The van der Waals surface area contributed by atoms with Crippen molar-refractivity contribution in [1.29, 1.82) is 0 Å². The van der Waals surface area contributed by atoms with Crippen molar-refractivity contribution < 1.29 is 24.6 Å². The first-order valence-corrected chi connectivity index (χ1v) is 7.74. The maximum Gasteiger partial charge on any atom is 0.332 e. The molecule has 1 saturated carbocycles. The van der Waals surface area contributed by atoms with Crippen LogP contribution >= 0.6 is 0 Å². The summed E-state index contributed by atoms with van der Waals surface area (Å²) < 4.78 is 0. The maximum atomic E-state index is 12.5. The Morgan fingerprint density at radius 1 is 0.957 bits per heavy atom. The van der Waals surface area contributed by atoms with E-state index in [1.54, 1.807) is 30.3 Å². The highest BCUT2D eigenvalue weighted by Gasteiger charge is 2.26. The van der Waals surface area contributed by atoms with E-state index in [-0.39, 0.29) is 23.7 Å². The standard InChI is InChI=1S/C18H20O5/c19-16(13-8-4-5-9-13)10-14(12-6-2-1-3-7-12)15(18(22)23)11-17(20)21/h1-3,6-7,13H,4-5,8-11H2,(H,20,21)(H,22,23). The smallest absolute Gasteiger partial charge is 0.332 e. The summed E-state index contributed by atoms with van der Waals surface area (Å²) in [5.74, 6) is -2.53. The average molecular weight is 316 g/mol. The van der Waals surface area contributed by atoms with E-state index in [1.165, 1.54) is 0 Å². The van der Waals surface area contributed by atoms with E-state index < -0.39 is 18.4 Å². The molecule has 1 aromatic carbocycles. The molecule has 0 spiro atoms. The Morgan fingerprint density at radius 3 is 2.09 bits per heavy atom. The summed E-state index contributed by atoms with van der Waals surface area (Å²) >= 11 is 0. The lowest BCUT2D eigenvalue weighted by Gasteiger charge is -2.14. The summed E-state index contributed by atoms with van der Waals surface area (Å²) in [4.78, 5) is 35.0. The number of carboxylic acids is 2. The third-order valence-corrected chi connectivity index (χ3v) is 4.23. The van der Waals surface area contributed by atoms with Crippen molar-refractivity contribution in [1.82, 2.24) is 0 Å². The van der Waals surface area contributed by atoms with Gasteiger partial charge in [-0.15, -0.1) is 0 Å². The first-order valence-electron chi connectivity index (χ1n) is 7.74. The topological polar surface area (TPSA) is 91.7 Å². The number of Topliss-reactive ketones (excluding diaryl/α,β-unsaturated/α-hetero) is 1. The van der Waals surface area contributed by atoms with Gasteiger partial charge in [-0.2, -0.15) is 0 Å². The molecule has 1 aromatic rings. The zero-order valence-corrected chi connectivity index (χ0v) is 12.8. The van der Waals surface area contributed by atoms with Crippen molar-refractivity contribution in [3.8, 4) is 0 Å². The summed E-state index contributed by atoms with van der Waals surface area (Å²) in [7, 11) is 0. The molecule has 0 bridgehead atoms. The number of hydrogen-bond donors (Lipinski definition) is 2. The van der Waals surface area contributed by atoms with E-state index in [2.05, 4.69) is 0 Å². The number of aliphatic carboxylic acids is 2. The Morgan fingerprint density at radius 2 is 1.57 bits per heavy atom. The lowest BCUT2D eigenvalue weighted by atomic mass is 9.89. The van der Waals surface area contributed by atoms with Crippen LogP contribution in [0.2, 0.25) is 0 Å². The molecule has 2 N–H and O–H groups in total. The van der Waals surface area contributed by atoms with Crippen LogP contribution < -0.4 is 0 Å². The summed E-state index contributed by atoms with van der Waals surface area (Å²) in [6.07, 6.45) is 3.08. The highest BCUT2D eigenvalue weighted by atomic mass is 16.4. The fourth-order valence-electron chi connectivity index (χ4n) is 3.05. The van der Waals surface area contributed by atoms with Gasteiger partial charge < -0.3 is 10.2 Å². The molecule has 0 saturated heterocycles. The molecule has 0 heterocycles. The van der Waals surface area contributed by atoms with Crippen molar-refractivity contribution in [2.75, 3.05) is 0 Å². The lowest BCUT2D eigenvalue weighted by Crippen LogP contribution is -2.15. The maximum absolute atomic E-state index is 12.5. The van der Waals surface area contributed by atoms with Gasteiger partial charge in [-0.25, -0.2) is 4.79 Å². The number of carbonyl (C=O) groups is 3. The first kappa shape index (κ1) is 16.9. The zero-order chi connectivity index (χ0) is 16.8. The van der Waals surface area contributed by atoms with Gasteiger partial charge in [0, 0.05) is 12.3 Å². The number of rotatable bonds is 7. The highest BCUT2D eigenvalue weighted by molar-refractivity contribution is 6.04. The molecule has 1 aliphatic carbocycles. The molecule has 0 amide bonds. The minimum Gasteiger partial charge on any atom is -0.481 e. The van der Waals surface area contributed by atoms with Crippen molar-refractivity contribution in [2.24, 2.45) is 5.92 Å². The number of benzene rings is 1. The van der Waals surface area contributed by atoms with E-state index in [9.17, 15) is 19.5 Å². The van der Waals surface area contributed by atoms with Crippen LogP contribution in [0.3, 0.4) is 0 Å². The number of allylic oxidation sites excluding steroid dienone is 1. The Labute approximate surface area is 134 Å². The van der Waals surface area contributed by atoms with E-state index in [0.29, 0.717) is 11.1 Å². The third kappa shape index (κ3) is 4.52. The normalized spacial score (nSPS) is 16.0. The largest absolute Gasteiger partial charge is 0.481 e. The van der Waals surface area contributed by atoms with Gasteiger partial charge >= 0.3 is 11.9 Å². The average Bonchev–Trinajstić information content (AvgIpc) is 3.05. The molecule has 0 aromatic heterocycles. The van der Waals surface area contributed by atoms with Crippen molar-refractivity contribution in [2.45, 2.75) is 38.5 Å². The second-order valence-electron chi connectivity index (χ2n) is 5.82.